The van der Waals surface area contributed by atoms with Crippen LogP contribution in [0.3, 0.4) is 0 Å². The first kappa shape index (κ1) is 17.7. The molecule has 0 amide bonds. The van der Waals surface area contributed by atoms with E-state index in [1.54, 1.807) is 35.8 Å². The second-order valence-electron chi connectivity index (χ2n) is 5.31. The van der Waals surface area contributed by atoms with Gasteiger partial charge in [0.1, 0.15) is 0 Å². The molecule has 0 spiro atoms. The van der Waals surface area contributed by atoms with Crippen LogP contribution in [0.4, 0.5) is 17.1 Å². The Labute approximate surface area is 150 Å². The summed E-state index contributed by atoms with van der Waals surface area (Å²) >= 11 is 0. The standard InChI is InChI=1S/C15H11N5O7/c1-2-17-11-6-4-3-5-10(11)16-15(17)27-14-12(19(23)24)7-9(18(21)22)8-13(14)20(25)26/h3-8H,2H2,1H3. The second-order valence-corrected chi connectivity index (χ2v) is 5.31. The molecule has 0 N–H and O–H groups in total. The van der Waals surface area contributed by atoms with Crippen molar-refractivity contribution in [3.63, 3.8) is 0 Å². The van der Waals surface area contributed by atoms with E-state index in [9.17, 15) is 30.3 Å². The number of hydrogen-bond acceptors (Lipinski definition) is 8. The highest BCUT2D eigenvalue weighted by Crippen LogP contribution is 2.43. The van der Waals surface area contributed by atoms with Gasteiger partial charge in [0.2, 0.25) is 0 Å². The average Bonchev–Trinajstić information content (AvgIpc) is 2.98. The van der Waals surface area contributed by atoms with Gasteiger partial charge in [-0.15, -0.1) is 0 Å². The third-order valence-corrected chi connectivity index (χ3v) is 3.77. The highest BCUT2D eigenvalue weighted by molar-refractivity contribution is 5.77. The van der Waals surface area contributed by atoms with Crippen molar-refractivity contribution in [2.75, 3.05) is 0 Å². The van der Waals surface area contributed by atoms with Gasteiger partial charge in [-0.1, -0.05) is 12.1 Å². The fourth-order valence-electron chi connectivity index (χ4n) is 2.59. The number of nitrogens with zero attached hydrogens (tertiary/aromatic N) is 5. The molecular weight excluding hydrogens is 362 g/mol. The van der Waals surface area contributed by atoms with Crippen LogP contribution in [0.2, 0.25) is 0 Å². The smallest absolute Gasteiger partial charge is 0.325 e. The molecule has 2 aromatic carbocycles. The van der Waals surface area contributed by atoms with Gasteiger partial charge in [0.25, 0.3) is 11.4 Å². The number of fused-ring (bicyclic) bond motifs is 1. The maximum Gasteiger partial charge on any atom is 0.325 e. The number of aromatic nitrogens is 2. The predicted octanol–water partition coefficient (Wildman–Crippen LogP) is 3.57. The molecule has 0 aliphatic carbocycles. The minimum absolute atomic E-state index is 0.0984. The normalized spacial score (nSPS) is 10.7. The monoisotopic (exact) mass is 373 g/mol. The number of aryl methyl sites for hydroxylation is 1. The molecule has 27 heavy (non-hydrogen) atoms. The Hall–Kier alpha value is -4.09. The zero-order valence-electron chi connectivity index (χ0n) is 13.8. The Kier molecular flexibility index (Phi) is 4.38. The van der Waals surface area contributed by atoms with E-state index in [-0.39, 0.29) is 6.01 Å². The van der Waals surface area contributed by atoms with Crippen LogP contribution in [0, 0.1) is 30.3 Å². The number of para-hydroxylation sites is 2. The van der Waals surface area contributed by atoms with Gasteiger partial charge in [-0.05, 0) is 19.1 Å². The van der Waals surface area contributed by atoms with Gasteiger partial charge in [0, 0.05) is 6.54 Å². The first-order chi connectivity index (χ1) is 12.8. The summed E-state index contributed by atoms with van der Waals surface area (Å²) in [4.78, 5) is 34.9. The van der Waals surface area contributed by atoms with E-state index in [1.807, 2.05) is 0 Å². The van der Waals surface area contributed by atoms with Crippen molar-refractivity contribution in [2.45, 2.75) is 13.5 Å². The molecule has 0 saturated heterocycles. The van der Waals surface area contributed by atoms with Crippen LogP contribution in [0.25, 0.3) is 11.0 Å². The van der Waals surface area contributed by atoms with E-state index in [2.05, 4.69) is 4.98 Å². The Bertz CT molecular complexity index is 1060. The molecule has 1 aromatic heterocycles. The molecule has 12 heteroatoms. The quantitative estimate of drug-likeness (QED) is 0.468. The van der Waals surface area contributed by atoms with Crippen LogP contribution in [0.15, 0.2) is 36.4 Å². The molecule has 0 saturated carbocycles. The number of benzene rings is 2. The summed E-state index contributed by atoms with van der Waals surface area (Å²) in [5, 5.41) is 33.6. The van der Waals surface area contributed by atoms with Crippen molar-refractivity contribution < 1.29 is 19.5 Å². The van der Waals surface area contributed by atoms with Crippen molar-refractivity contribution in [1.82, 2.24) is 9.55 Å². The lowest BCUT2D eigenvalue weighted by atomic mass is 10.2. The second kappa shape index (κ2) is 6.67. The molecule has 0 aliphatic rings. The summed E-state index contributed by atoms with van der Waals surface area (Å²) in [5.74, 6) is -0.722. The fraction of sp³-hybridized carbons (Fsp3) is 0.133. The number of nitro groups is 3. The minimum atomic E-state index is -0.978. The Morgan fingerprint density at radius 2 is 1.59 bits per heavy atom. The van der Waals surface area contributed by atoms with Crippen LogP contribution in [0.5, 0.6) is 11.8 Å². The van der Waals surface area contributed by atoms with Crippen LogP contribution in [-0.2, 0) is 6.54 Å². The Morgan fingerprint density at radius 1 is 1.00 bits per heavy atom. The van der Waals surface area contributed by atoms with Crippen molar-refractivity contribution in [2.24, 2.45) is 0 Å². The van der Waals surface area contributed by atoms with E-state index in [0.717, 1.165) is 0 Å². The first-order valence-electron chi connectivity index (χ1n) is 7.57. The number of imidazole rings is 1. The molecular formula is C15H11N5O7. The molecule has 0 aliphatic heterocycles. The lowest BCUT2D eigenvalue weighted by Crippen LogP contribution is -2.04. The van der Waals surface area contributed by atoms with Gasteiger partial charge in [-0.25, -0.2) is 0 Å². The Balaban J connectivity index is 2.24. The topological polar surface area (TPSA) is 156 Å². The number of rotatable bonds is 6. The molecule has 0 atom stereocenters. The van der Waals surface area contributed by atoms with E-state index < -0.39 is 37.6 Å². The number of ether oxygens (including phenoxy) is 1. The largest absolute Gasteiger partial charge is 0.411 e. The zero-order chi connectivity index (χ0) is 19.7. The van der Waals surface area contributed by atoms with Crippen LogP contribution < -0.4 is 4.74 Å². The molecule has 0 radical (unpaired) electrons. The summed E-state index contributed by atoms with van der Waals surface area (Å²) < 4.78 is 7.02. The van der Waals surface area contributed by atoms with Crippen molar-refractivity contribution in [3.8, 4) is 11.8 Å². The Morgan fingerprint density at radius 3 is 2.11 bits per heavy atom. The third kappa shape index (κ3) is 3.10. The third-order valence-electron chi connectivity index (χ3n) is 3.77. The highest BCUT2D eigenvalue weighted by atomic mass is 16.6. The molecule has 12 nitrogen and oxygen atoms in total. The van der Waals surface area contributed by atoms with Gasteiger partial charge in [0.15, 0.2) is 0 Å². The summed E-state index contributed by atoms with van der Waals surface area (Å²) in [6, 6.07) is 8.05. The fourth-order valence-corrected chi connectivity index (χ4v) is 2.59. The van der Waals surface area contributed by atoms with Crippen molar-refractivity contribution in [1.29, 1.82) is 0 Å². The maximum atomic E-state index is 11.3. The molecule has 1 heterocycles. The van der Waals surface area contributed by atoms with Crippen LogP contribution in [-0.4, -0.2) is 24.3 Å². The van der Waals surface area contributed by atoms with E-state index >= 15 is 0 Å². The minimum Gasteiger partial charge on any atom is -0.411 e. The van der Waals surface area contributed by atoms with Gasteiger partial charge >= 0.3 is 17.4 Å². The molecule has 0 fully saturated rings. The van der Waals surface area contributed by atoms with Crippen molar-refractivity contribution >= 4 is 28.1 Å². The predicted molar refractivity (Wildman–Crippen MR) is 91.9 cm³/mol. The number of non-ortho nitro benzene ring substituents is 1. The number of nitro benzene ring substituents is 3. The summed E-state index contributed by atoms with van der Waals surface area (Å²) in [6.07, 6.45) is 0. The maximum absolute atomic E-state index is 11.3. The first-order valence-corrected chi connectivity index (χ1v) is 7.57. The average molecular weight is 373 g/mol. The van der Waals surface area contributed by atoms with Gasteiger partial charge in [-0.2, -0.15) is 4.98 Å². The van der Waals surface area contributed by atoms with Crippen molar-refractivity contribution in [3.05, 3.63) is 66.7 Å². The van der Waals surface area contributed by atoms with Gasteiger partial charge in [0.05, 0.1) is 37.9 Å². The highest BCUT2D eigenvalue weighted by Gasteiger charge is 2.33. The van der Waals surface area contributed by atoms with E-state index in [0.29, 0.717) is 29.7 Å². The molecule has 3 aromatic rings. The van der Waals surface area contributed by atoms with E-state index in [1.165, 1.54) is 0 Å². The van der Waals surface area contributed by atoms with Gasteiger partial charge < -0.3 is 4.74 Å². The summed E-state index contributed by atoms with van der Waals surface area (Å²) in [6.45, 7) is 2.16. The molecule has 3 rings (SSSR count). The SMILES string of the molecule is CCn1c(Oc2c([N+](=O)[O-])cc([N+](=O)[O-])cc2[N+](=O)[O-])nc2ccccc21. The molecule has 0 unspecified atom stereocenters. The summed E-state index contributed by atoms with van der Waals surface area (Å²) in [7, 11) is 0. The van der Waals surface area contributed by atoms with E-state index in [4.69, 9.17) is 4.74 Å². The molecule has 0 bridgehead atoms. The van der Waals surface area contributed by atoms with Crippen LogP contribution in [0.1, 0.15) is 6.92 Å². The number of hydrogen-bond donors (Lipinski definition) is 0. The molecule has 138 valence electrons. The van der Waals surface area contributed by atoms with Gasteiger partial charge in [-0.3, -0.25) is 34.9 Å². The lowest BCUT2D eigenvalue weighted by molar-refractivity contribution is -0.404. The summed E-state index contributed by atoms with van der Waals surface area (Å²) in [5.41, 5.74) is -1.38. The van der Waals surface area contributed by atoms with Crippen LogP contribution >= 0.6 is 0 Å². The lowest BCUT2D eigenvalue weighted by Gasteiger charge is -2.08. The zero-order valence-corrected chi connectivity index (χ0v) is 13.8.